The second kappa shape index (κ2) is 15.0. The van der Waals surface area contributed by atoms with Crippen LogP contribution in [-0.2, 0) is 32.6 Å². The molecule has 8 nitrogen and oxygen atoms in total. The molecule has 42 heavy (non-hydrogen) atoms. The number of ether oxygens (including phenoxy) is 1. The number of sulfonamides is 1. The van der Waals surface area contributed by atoms with Crippen molar-refractivity contribution in [1.82, 2.24) is 10.2 Å². The van der Waals surface area contributed by atoms with E-state index in [0.717, 1.165) is 16.1 Å². The second-order valence-electron chi connectivity index (χ2n) is 9.87. The average Bonchev–Trinajstić information content (AvgIpc) is 2.94. The lowest BCUT2D eigenvalue weighted by atomic mass is 10.0. The fourth-order valence-electron chi connectivity index (χ4n) is 4.25. The van der Waals surface area contributed by atoms with E-state index < -0.39 is 28.5 Å². The Morgan fingerprint density at radius 3 is 2.24 bits per heavy atom. The number of rotatable bonds is 13. The fourth-order valence-corrected chi connectivity index (χ4v) is 5.81. The first-order chi connectivity index (χ1) is 19.8. The molecule has 2 atom stereocenters. The number of nitrogens with one attached hydrogen (secondary N) is 1. The number of hydrogen-bond donors (Lipinski definition) is 1. The van der Waals surface area contributed by atoms with Crippen molar-refractivity contribution in [2.24, 2.45) is 0 Å². The third kappa shape index (κ3) is 9.01. The molecule has 3 aromatic carbocycles. The molecule has 0 saturated heterocycles. The molecule has 1 N–H and O–H groups in total. The standard InChI is InChI=1S/C30H34Cl3N3O5S/c1-5-20(2)34-30(38)27(15-21-9-7-6-8-10-21)35(18-22-11-12-23(31)16-25(22)32)29(37)19-36(42(4,39)40)24-13-14-28(41-3)26(33)17-24/h6-14,16-17,20,27H,5,15,18-19H2,1-4H3,(H,34,38)/t20-,27-/m1/s1. The minimum absolute atomic E-state index is 0.0682. The predicted molar refractivity (Wildman–Crippen MR) is 169 cm³/mol. The highest BCUT2D eigenvalue weighted by molar-refractivity contribution is 7.92. The highest BCUT2D eigenvalue weighted by Crippen LogP contribution is 2.31. The van der Waals surface area contributed by atoms with Gasteiger partial charge in [0.2, 0.25) is 21.8 Å². The molecule has 0 radical (unpaired) electrons. The molecule has 0 aliphatic rings. The van der Waals surface area contributed by atoms with E-state index in [4.69, 9.17) is 39.5 Å². The van der Waals surface area contributed by atoms with Gasteiger partial charge in [-0.25, -0.2) is 8.42 Å². The van der Waals surface area contributed by atoms with Crippen molar-refractivity contribution < 1.29 is 22.7 Å². The normalized spacial score (nSPS) is 12.7. The fraction of sp³-hybridized carbons (Fsp3) is 0.333. The van der Waals surface area contributed by atoms with E-state index in [9.17, 15) is 18.0 Å². The molecule has 0 aromatic heterocycles. The zero-order chi connectivity index (χ0) is 31.0. The molecule has 0 bridgehead atoms. The van der Waals surface area contributed by atoms with Crippen molar-refractivity contribution in [2.45, 2.75) is 45.3 Å². The van der Waals surface area contributed by atoms with Crippen LogP contribution in [0.4, 0.5) is 5.69 Å². The van der Waals surface area contributed by atoms with E-state index in [1.54, 1.807) is 18.2 Å². The number of methoxy groups -OCH3 is 1. The summed E-state index contributed by atoms with van der Waals surface area (Å²) in [5, 5.41) is 3.88. The van der Waals surface area contributed by atoms with Gasteiger partial charge in [0.15, 0.2) is 0 Å². The average molecular weight is 655 g/mol. The van der Waals surface area contributed by atoms with Crippen LogP contribution in [0.5, 0.6) is 5.75 Å². The Bertz CT molecular complexity index is 1510. The summed E-state index contributed by atoms with van der Waals surface area (Å²) in [5.74, 6) is -0.632. The van der Waals surface area contributed by atoms with Gasteiger partial charge in [0, 0.05) is 29.1 Å². The van der Waals surface area contributed by atoms with E-state index >= 15 is 0 Å². The SMILES string of the molecule is CC[C@@H](C)NC(=O)[C@@H](Cc1ccccc1)N(Cc1ccc(Cl)cc1Cl)C(=O)CN(c1ccc(OC)c(Cl)c1)S(C)(=O)=O. The Morgan fingerprint density at radius 2 is 1.67 bits per heavy atom. The van der Waals surface area contributed by atoms with Crippen LogP contribution in [0.15, 0.2) is 66.7 Å². The van der Waals surface area contributed by atoms with Crippen LogP contribution >= 0.6 is 34.8 Å². The Hall–Kier alpha value is -2.98. The van der Waals surface area contributed by atoms with Gasteiger partial charge in [-0.05, 0) is 54.8 Å². The first-order valence-electron chi connectivity index (χ1n) is 13.2. The maximum Gasteiger partial charge on any atom is 0.244 e. The van der Waals surface area contributed by atoms with Gasteiger partial charge in [-0.2, -0.15) is 0 Å². The van der Waals surface area contributed by atoms with E-state index in [1.165, 1.54) is 30.2 Å². The molecule has 0 saturated carbocycles. The lowest BCUT2D eigenvalue weighted by Crippen LogP contribution is -2.54. The van der Waals surface area contributed by atoms with Gasteiger partial charge in [-0.3, -0.25) is 13.9 Å². The Labute approximate surface area is 262 Å². The second-order valence-corrected chi connectivity index (χ2v) is 13.0. The third-order valence-electron chi connectivity index (χ3n) is 6.73. The number of nitrogens with zero attached hydrogens (tertiary/aromatic N) is 2. The van der Waals surface area contributed by atoms with Crippen LogP contribution in [0.2, 0.25) is 15.1 Å². The van der Waals surface area contributed by atoms with Crippen LogP contribution in [0.25, 0.3) is 0 Å². The van der Waals surface area contributed by atoms with Crippen LogP contribution in [-0.4, -0.2) is 57.1 Å². The van der Waals surface area contributed by atoms with Gasteiger partial charge in [-0.1, -0.05) is 78.1 Å². The summed E-state index contributed by atoms with van der Waals surface area (Å²) in [4.78, 5) is 29.3. The van der Waals surface area contributed by atoms with Crippen molar-refractivity contribution in [2.75, 3.05) is 24.2 Å². The number of carbonyl (C=O) groups excluding carboxylic acids is 2. The summed E-state index contributed by atoms with van der Waals surface area (Å²) in [6, 6.07) is 17.4. The summed E-state index contributed by atoms with van der Waals surface area (Å²) >= 11 is 18.9. The maximum absolute atomic E-state index is 14.2. The first-order valence-corrected chi connectivity index (χ1v) is 16.2. The van der Waals surface area contributed by atoms with E-state index in [0.29, 0.717) is 27.8 Å². The minimum Gasteiger partial charge on any atom is -0.495 e. The first kappa shape index (κ1) is 33.5. The zero-order valence-electron chi connectivity index (χ0n) is 23.8. The van der Waals surface area contributed by atoms with E-state index in [1.807, 2.05) is 44.2 Å². The Balaban J connectivity index is 2.10. The van der Waals surface area contributed by atoms with Crippen LogP contribution < -0.4 is 14.4 Å². The molecular weight excluding hydrogens is 621 g/mol. The topological polar surface area (TPSA) is 96.0 Å². The lowest BCUT2D eigenvalue weighted by Gasteiger charge is -2.34. The predicted octanol–water partition coefficient (Wildman–Crippen LogP) is 5.98. The molecule has 0 aliphatic carbocycles. The molecule has 0 unspecified atom stereocenters. The van der Waals surface area contributed by atoms with Gasteiger partial charge in [0.25, 0.3) is 0 Å². The van der Waals surface area contributed by atoms with Crippen molar-refractivity contribution in [3.63, 3.8) is 0 Å². The van der Waals surface area contributed by atoms with Gasteiger partial charge >= 0.3 is 0 Å². The summed E-state index contributed by atoms with van der Waals surface area (Å²) in [7, 11) is -2.51. The minimum atomic E-state index is -3.95. The summed E-state index contributed by atoms with van der Waals surface area (Å²) in [6.07, 6.45) is 1.87. The van der Waals surface area contributed by atoms with Gasteiger partial charge < -0.3 is 15.0 Å². The number of carbonyl (C=O) groups is 2. The molecular formula is C30H34Cl3N3O5S. The molecule has 226 valence electrons. The van der Waals surface area contributed by atoms with Crippen molar-refractivity contribution in [1.29, 1.82) is 0 Å². The Morgan fingerprint density at radius 1 is 0.976 bits per heavy atom. The smallest absolute Gasteiger partial charge is 0.244 e. The van der Waals surface area contributed by atoms with Gasteiger partial charge in [0.1, 0.15) is 18.3 Å². The van der Waals surface area contributed by atoms with E-state index in [-0.39, 0.29) is 35.6 Å². The van der Waals surface area contributed by atoms with Gasteiger partial charge in [-0.15, -0.1) is 0 Å². The highest BCUT2D eigenvalue weighted by atomic mass is 35.5. The van der Waals surface area contributed by atoms with Gasteiger partial charge in [0.05, 0.1) is 24.1 Å². The molecule has 0 heterocycles. The van der Waals surface area contributed by atoms with Crippen LogP contribution in [0.1, 0.15) is 31.4 Å². The molecule has 12 heteroatoms. The van der Waals surface area contributed by atoms with Crippen LogP contribution in [0, 0.1) is 0 Å². The highest BCUT2D eigenvalue weighted by Gasteiger charge is 2.34. The molecule has 0 aliphatic heterocycles. The molecule has 0 fully saturated rings. The number of halogens is 3. The van der Waals surface area contributed by atoms with Crippen LogP contribution in [0.3, 0.4) is 0 Å². The summed E-state index contributed by atoms with van der Waals surface area (Å²) in [5.41, 5.74) is 1.54. The summed E-state index contributed by atoms with van der Waals surface area (Å²) in [6.45, 7) is 3.16. The molecule has 0 spiro atoms. The Kier molecular flexibility index (Phi) is 11.9. The quantitative estimate of drug-likeness (QED) is 0.245. The lowest BCUT2D eigenvalue weighted by molar-refractivity contribution is -0.140. The molecule has 2 amide bonds. The maximum atomic E-state index is 14.2. The monoisotopic (exact) mass is 653 g/mol. The van der Waals surface area contributed by atoms with Crippen molar-refractivity contribution >= 4 is 62.3 Å². The summed E-state index contributed by atoms with van der Waals surface area (Å²) < 4.78 is 32.0. The van der Waals surface area contributed by atoms with Crippen molar-refractivity contribution in [3.8, 4) is 5.75 Å². The largest absolute Gasteiger partial charge is 0.495 e. The molecule has 3 rings (SSSR count). The van der Waals surface area contributed by atoms with E-state index in [2.05, 4.69) is 5.32 Å². The zero-order valence-corrected chi connectivity index (χ0v) is 26.9. The number of anilines is 1. The van der Waals surface area contributed by atoms with Crippen molar-refractivity contribution in [3.05, 3.63) is 92.9 Å². The molecule has 3 aromatic rings. The number of hydrogen-bond acceptors (Lipinski definition) is 5. The number of amides is 2. The number of benzene rings is 3. The third-order valence-corrected chi connectivity index (χ3v) is 8.75.